The van der Waals surface area contributed by atoms with Gasteiger partial charge in [0.15, 0.2) is 0 Å². The van der Waals surface area contributed by atoms with Crippen molar-refractivity contribution < 1.29 is 19.5 Å². The fraction of sp³-hybridized carbons (Fsp3) is 0.667. The summed E-state index contributed by atoms with van der Waals surface area (Å²) in [7, 11) is 0. The number of hydrogen-bond donors (Lipinski definition) is 3. The Kier molecular flexibility index (Phi) is 5.71. The maximum atomic E-state index is 13.0. The molecule has 2 saturated carbocycles. The average molecular weight is 405 g/mol. The van der Waals surface area contributed by atoms with Gasteiger partial charge in [0.1, 0.15) is 5.00 Å². The van der Waals surface area contributed by atoms with E-state index >= 15 is 0 Å². The van der Waals surface area contributed by atoms with Crippen molar-refractivity contribution in [3.8, 4) is 0 Å². The van der Waals surface area contributed by atoms with Crippen LogP contribution in [0.15, 0.2) is 0 Å². The number of thiophene rings is 1. The van der Waals surface area contributed by atoms with Gasteiger partial charge in [0.25, 0.3) is 5.91 Å². The van der Waals surface area contributed by atoms with Crippen molar-refractivity contribution in [3.05, 3.63) is 16.0 Å². The molecule has 2 atom stereocenters. The Balaban J connectivity index is 1.54. The first-order chi connectivity index (χ1) is 13.5. The van der Waals surface area contributed by atoms with E-state index in [1.54, 1.807) is 0 Å². The van der Waals surface area contributed by atoms with Gasteiger partial charge in [-0.15, -0.1) is 11.3 Å². The zero-order valence-electron chi connectivity index (χ0n) is 16.1. The summed E-state index contributed by atoms with van der Waals surface area (Å²) in [6.45, 7) is 0. The van der Waals surface area contributed by atoms with Crippen LogP contribution < -0.4 is 10.6 Å². The SMILES string of the molecule is O=C(NC1CCCC1)c1c(NC(=O)[C@H]2CCCC[C@@H]2C(=O)O)sc2c1CCC2. The highest BCUT2D eigenvalue weighted by Crippen LogP contribution is 2.40. The Labute approximate surface area is 169 Å². The van der Waals surface area contributed by atoms with Gasteiger partial charge in [-0.2, -0.15) is 0 Å². The first kappa shape index (κ1) is 19.4. The number of carbonyl (C=O) groups is 3. The molecule has 3 N–H and O–H groups in total. The summed E-state index contributed by atoms with van der Waals surface area (Å²) in [4.78, 5) is 38.7. The molecule has 7 heteroatoms. The molecule has 1 aromatic rings. The fourth-order valence-electron chi connectivity index (χ4n) is 5.01. The Morgan fingerprint density at radius 3 is 2.29 bits per heavy atom. The Morgan fingerprint density at radius 1 is 0.893 bits per heavy atom. The van der Waals surface area contributed by atoms with Crippen molar-refractivity contribution in [3.63, 3.8) is 0 Å². The minimum atomic E-state index is -0.896. The number of anilines is 1. The molecular formula is C21H28N2O4S. The highest BCUT2D eigenvalue weighted by atomic mass is 32.1. The van der Waals surface area contributed by atoms with E-state index in [1.807, 2.05) is 0 Å². The molecule has 0 spiro atoms. The van der Waals surface area contributed by atoms with Gasteiger partial charge in [-0.05, 0) is 50.5 Å². The van der Waals surface area contributed by atoms with Crippen LogP contribution in [0.1, 0.15) is 78.6 Å². The number of amides is 2. The van der Waals surface area contributed by atoms with Crippen LogP contribution in [0.2, 0.25) is 0 Å². The van der Waals surface area contributed by atoms with Gasteiger partial charge in [0.2, 0.25) is 5.91 Å². The summed E-state index contributed by atoms with van der Waals surface area (Å²) >= 11 is 1.50. The third-order valence-corrected chi connectivity index (χ3v) is 7.70. The maximum absolute atomic E-state index is 13.0. The number of aryl methyl sites for hydroxylation is 1. The largest absolute Gasteiger partial charge is 0.481 e. The van der Waals surface area contributed by atoms with Crippen LogP contribution in [-0.4, -0.2) is 28.9 Å². The highest BCUT2D eigenvalue weighted by Gasteiger charge is 2.37. The molecule has 1 aromatic heterocycles. The molecule has 2 fully saturated rings. The minimum Gasteiger partial charge on any atom is -0.481 e. The van der Waals surface area contributed by atoms with Crippen LogP contribution in [0.25, 0.3) is 0 Å². The number of carboxylic acids is 1. The number of hydrogen-bond acceptors (Lipinski definition) is 4. The number of carbonyl (C=O) groups excluding carboxylic acids is 2. The predicted molar refractivity (Wildman–Crippen MR) is 108 cm³/mol. The molecule has 3 aliphatic rings. The lowest BCUT2D eigenvalue weighted by atomic mass is 9.79. The Morgan fingerprint density at radius 2 is 1.57 bits per heavy atom. The molecule has 0 radical (unpaired) electrons. The zero-order chi connectivity index (χ0) is 19.7. The summed E-state index contributed by atoms with van der Waals surface area (Å²) in [6.07, 6.45) is 10.1. The summed E-state index contributed by atoms with van der Waals surface area (Å²) in [6, 6.07) is 0.225. The third kappa shape index (κ3) is 3.81. The van der Waals surface area contributed by atoms with Gasteiger partial charge in [-0.3, -0.25) is 14.4 Å². The normalized spacial score (nSPS) is 24.7. The molecule has 28 heavy (non-hydrogen) atoms. The van der Waals surface area contributed by atoms with Crippen LogP contribution >= 0.6 is 11.3 Å². The van der Waals surface area contributed by atoms with E-state index in [-0.39, 0.29) is 17.9 Å². The zero-order valence-corrected chi connectivity index (χ0v) is 16.9. The second-order valence-electron chi connectivity index (χ2n) is 8.34. The molecule has 4 rings (SSSR count). The van der Waals surface area contributed by atoms with Gasteiger partial charge in [-0.25, -0.2) is 0 Å². The summed E-state index contributed by atoms with van der Waals surface area (Å²) < 4.78 is 0. The van der Waals surface area contributed by atoms with E-state index in [1.165, 1.54) is 16.2 Å². The second-order valence-corrected chi connectivity index (χ2v) is 9.45. The first-order valence-corrected chi connectivity index (χ1v) is 11.4. The van der Waals surface area contributed by atoms with Crippen LogP contribution in [0.3, 0.4) is 0 Å². The standard InChI is InChI=1S/C21H28N2O4S/c24-18(13-8-3-4-9-14(13)21(26)27)23-20-17(15-10-5-11-16(15)28-20)19(25)22-12-6-1-2-7-12/h12-14H,1-11H2,(H,22,25)(H,23,24)(H,26,27)/t13-,14-/m0/s1. The van der Waals surface area contributed by atoms with E-state index in [4.69, 9.17) is 0 Å². The Bertz CT molecular complexity index is 782. The molecule has 152 valence electrons. The van der Waals surface area contributed by atoms with Crippen molar-refractivity contribution in [1.82, 2.24) is 5.32 Å². The molecule has 1 heterocycles. The first-order valence-electron chi connectivity index (χ1n) is 10.5. The van der Waals surface area contributed by atoms with Gasteiger partial charge in [0, 0.05) is 10.9 Å². The monoisotopic (exact) mass is 404 g/mol. The molecule has 2 amide bonds. The van der Waals surface area contributed by atoms with Gasteiger partial charge < -0.3 is 15.7 Å². The second kappa shape index (κ2) is 8.23. The molecular weight excluding hydrogens is 376 g/mol. The van der Waals surface area contributed by atoms with Crippen LogP contribution in [-0.2, 0) is 22.4 Å². The van der Waals surface area contributed by atoms with Crippen LogP contribution in [0.5, 0.6) is 0 Å². The van der Waals surface area contributed by atoms with Crippen molar-refractivity contribution in [2.45, 2.75) is 76.7 Å². The number of carboxylic acid groups (broad SMARTS) is 1. The minimum absolute atomic E-state index is 0.0833. The summed E-state index contributed by atoms with van der Waals surface area (Å²) in [5.41, 5.74) is 1.70. The maximum Gasteiger partial charge on any atom is 0.307 e. The van der Waals surface area contributed by atoms with Crippen molar-refractivity contribution in [2.24, 2.45) is 11.8 Å². The number of nitrogens with one attached hydrogen (secondary N) is 2. The molecule has 0 aliphatic heterocycles. The molecule has 6 nitrogen and oxygen atoms in total. The predicted octanol–water partition coefficient (Wildman–Crippen LogP) is 3.74. The van der Waals surface area contributed by atoms with Crippen LogP contribution in [0.4, 0.5) is 5.00 Å². The van der Waals surface area contributed by atoms with E-state index in [0.717, 1.165) is 63.4 Å². The number of rotatable bonds is 5. The van der Waals surface area contributed by atoms with E-state index < -0.39 is 17.8 Å². The lowest BCUT2D eigenvalue weighted by Gasteiger charge is -2.27. The topological polar surface area (TPSA) is 95.5 Å². The van der Waals surface area contributed by atoms with E-state index in [2.05, 4.69) is 10.6 Å². The molecule has 0 bridgehead atoms. The smallest absolute Gasteiger partial charge is 0.307 e. The van der Waals surface area contributed by atoms with E-state index in [9.17, 15) is 19.5 Å². The summed E-state index contributed by atoms with van der Waals surface area (Å²) in [5, 5.41) is 16.2. The lowest BCUT2D eigenvalue weighted by molar-refractivity contribution is -0.147. The molecule has 0 unspecified atom stereocenters. The van der Waals surface area contributed by atoms with Gasteiger partial charge >= 0.3 is 5.97 Å². The van der Waals surface area contributed by atoms with Gasteiger partial charge in [0.05, 0.1) is 17.4 Å². The number of fused-ring (bicyclic) bond motifs is 1. The van der Waals surface area contributed by atoms with Crippen molar-refractivity contribution in [2.75, 3.05) is 5.32 Å². The Hall–Kier alpha value is -1.89. The molecule has 0 saturated heterocycles. The number of aliphatic carboxylic acids is 1. The fourth-order valence-corrected chi connectivity index (χ4v) is 6.29. The van der Waals surface area contributed by atoms with Crippen molar-refractivity contribution in [1.29, 1.82) is 0 Å². The molecule has 3 aliphatic carbocycles. The summed E-state index contributed by atoms with van der Waals surface area (Å²) in [5.74, 6) is -2.38. The quantitative estimate of drug-likeness (QED) is 0.697. The highest BCUT2D eigenvalue weighted by molar-refractivity contribution is 7.17. The van der Waals surface area contributed by atoms with Crippen LogP contribution in [0, 0.1) is 11.8 Å². The molecule has 0 aromatic carbocycles. The lowest BCUT2D eigenvalue weighted by Crippen LogP contribution is -2.37. The third-order valence-electron chi connectivity index (χ3n) is 6.50. The van der Waals surface area contributed by atoms with Gasteiger partial charge in [-0.1, -0.05) is 25.7 Å². The average Bonchev–Trinajstić information content (AvgIpc) is 3.39. The van der Waals surface area contributed by atoms with E-state index in [0.29, 0.717) is 23.4 Å². The van der Waals surface area contributed by atoms with Crippen molar-refractivity contribution >= 4 is 34.1 Å².